The molecule has 0 aromatic rings. The Morgan fingerprint density at radius 3 is 3.12 bits per heavy atom. The molecule has 0 saturated carbocycles. The first kappa shape index (κ1) is 12.9. The molecule has 90 valence electrons. The molecule has 0 radical (unpaired) electrons. The zero-order valence-electron chi connectivity index (χ0n) is 9.65. The third-order valence-electron chi connectivity index (χ3n) is 2.99. The van der Waals surface area contributed by atoms with Crippen molar-refractivity contribution >= 4 is 5.97 Å². The van der Waals surface area contributed by atoms with Crippen LogP contribution in [0.2, 0.25) is 0 Å². The minimum absolute atomic E-state index is 0.0182. The Labute approximate surface area is 96.0 Å². The molecular weight excluding hydrogens is 206 g/mol. The molecule has 0 bridgehead atoms. The first-order chi connectivity index (χ1) is 7.63. The Hall–Kier alpha value is -1.12. The van der Waals surface area contributed by atoms with Gasteiger partial charge in [-0.3, -0.25) is 9.69 Å². The zero-order valence-corrected chi connectivity index (χ0v) is 9.65. The van der Waals surface area contributed by atoms with E-state index in [2.05, 4.69) is 16.3 Å². The maximum absolute atomic E-state index is 10.3. The van der Waals surface area contributed by atoms with Crippen molar-refractivity contribution in [3.63, 3.8) is 0 Å². The van der Waals surface area contributed by atoms with Crippen LogP contribution in [0.5, 0.6) is 0 Å². The van der Waals surface area contributed by atoms with Crippen LogP contribution in [0.1, 0.15) is 19.8 Å². The second-order valence-electron chi connectivity index (χ2n) is 4.33. The highest BCUT2D eigenvalue weighted by molar-refractivity contribution is 5.68. The van der Waals surface area contributed by atoms with Crippen LogP contribution in [0, 0.1) is 17.2 Å². The van der Waals surface area contributed by atoms with Crippen molar-refractivity contribution in [2.45, 2.75) is 25.8 Å². The number of hydrogen-bond donors (Lipinski definition) is 2. The average molecular weight is 225 g/mol. The Bertz CT molecular complexity index is 275. The van der Waals surface area contributed by atoms with Crippen LogP contribution in [-0.2, 0) is 4.79 Å². The van der Waals surface area contributed by atoms with E-state index >= 15 is 0 Å². The SMILES string of the molecule is CC(C#N)N1CCCC(CNCC(=O)O)C1. The first-order valence-electron chi connectivity index (χ1n) is 5.69. The van der Waals surface area contributed by atoms with E-state index < -0.39 is 5.97 Å². The molecule has 1 saturated heterocycles. The molecule has 2 unspecified atom stereocenters. The summed E-state index contributed by atoms with van der Waals surface area (Å²) >= 11 is 0. The molecule has 2 atom stereocenters. The van der Waals surface area contributed by atoms with E-state index in [1.165, 1.54) is 0 Å². The second-order valence-corrected chi connectivity index (χ2v) is 4.33. The van der Waals surface area contributed by atoms with Crippen molar-refractivity contribution < 1.29 is 9.90 Å². The van der Waals surface area contributed by atoms with Crippen molar-refractivity contribution in [1.29, 1.82) is 5.26 Å². The number of aliphatic carboxylic acids is 1. The standard InChI is InChI=1S/C11H19N3O2/c1-9(5-12)14-4-2-3-10(8-14)6-13-7-11(15)16/h9-10,13H,2-4,6-8H2,1H3,(H,15,16). The van der Waals surface area contributed by atoms with Crippen LogP contribution in [0.15, 0.2) is 0 Å². The number of carbonyl (C=O) groups is 1. The lowest BCUT2D eigenvalue weighted by molar-refractivity contribution is -0.136. The highest BCUT2D eigenvalue weighted by Crippen LogP contribution is 2.17. The molecule has 1 fully saturated rings. The minimum Gasteiger partial charge on any atom is -0.480 e. The van der Waals surface area contributed by atoms with Crippen LogP contribution in [0.3, 0.4) is 0 Å². The largest absolute Gasteiger partial charge is 0.480 e. The fourth-order valence-electron chi connectivity index (χ4n) is 2.08. The summed E-state index contributed by atoms with van der Waals surface area (Å²) < 4.78 is 0. The number of nitrogens with zero attached hydrogens (tertiary/aromatic N) is 2. The van der Waals surface area contributed by atoms with Crippen molar-refractivity contribution in [2.75, 3.05) is 26.2 Å². The molecule has 5 nitrogen and oxygen atoms in total. The lowest BCUT2D eigenvalue weighted by atomic mass is 9.97. The van der Waals surface area contributed by atoms with Gasteiger partial charge in [0.2, 0.25) is 0 Å². The summed E-state index contributed by atoms with van der Waals surface area (Å²) in [5, 5.41) is 20.3. The number of likely N-dealkylation sites (tertiary alicyclic amines) is 1. The van der Waals surface area contributed by atoms with Gasteiger partial charge in [-0.05, 0) is 38.8 Å². The van der Waals surface area contributed by atoms with Crippen LogP contribution in [0.4, 0.5) is 0 Å². The lowest BCUT2D eigenvalue weighted by Gasteiger charge is -2.34. The summed E-state index contributed by atoms with van der Waals surface area (Å²) in [5.41, 5.74) is 0. The molecule has 0 aromatic carbocycles. The van der Waals surface area contributed by atoms with Gasteiger partial charge in [0, 0.05) is 6.54 Å². The molecule has 0 spiro atoms. The summed E-state index contributed by atoms with van der Waals surface area (Å²) in [5.74, 6) is -0.359. The smallest absolute Gasteiger partial charge is 0.317 e. The van der Waals surface area contributed by atoms with E-state index in [9.17, 15) is 4.79 Å². The van der Waals surface area contributed by atoms with Gasteiger partial charge in [0.1, 0.15) is 0 Å². The topological polar surface area (TPSA) is 76.4 Å². The lowest BCUT2D eigenvalue weighted by Crippen LogP contribution is -2.44. The van der Waals surface area contributed by atoms with E-state index in [0.29, 0.717) is 5.92 Å². The van der Waals surface area contributed by atoms with Crippen molar-refractivity contribution in [2.24, 2.45) is 5.92 Å². The summed E-state index contributed by atoms with van der Waals surface area (Å²) in [4.78, 5) is 12.5. The van der Waals surface area contributed by atoms with Crippen molar-refractivity contribution in [1.82, 2.24) is 10.2 Å². The third kappa shape index (κ3) is 4.17. The molecule has 0 aliphatic carbocycles. The van der Waals surface area contributed by atoms with Crippen LogP contribution < -0.4 is 5.32 Å². The predicted octanol–water partition coefficient (Wildman–Crippen LogP) is 0.285. The quantitative estimate of drug-likeness (QED) is 0.703. The summed E-state index contributed by atoms with van der Waals surface area (Å²) in [6.07, 6.45) is 2.20. The molecular formula is C11H19N3O2. The summed E-state index contributed by atoms with van der Waals surface area (Å²) in [6.45, 7) is 4.52. The molecule has 2 N–H and O–H groups in total. The fourth-order valence-corrected chi connectivity index (χ4v) is 2.08. The van der Waals surface area contributed by atoms with E-state index in [1.807, 2.05) is 6.92 Å². The maximum atomic E-state index is 10.3. The first-order valence-corrected chi connectivity index (χ1v) is 5.69. The van der Waals surface area contributed by atoms with Crippen LogP contribution in [0.25, 0.3) is 0 Å². The van der Waals surface area contributed by atoms with E-state index in [0.717, 1.165) is 32.5 Å². The Balaban J connectivity index is 2.28. The monoisotopic (exact) mass is 225 g/mol. The average Bonchev–Trinajstić information content (AvgIpc) is 2.28. The second kappa shape index (κ2) is 6.46. The van der Waals surface area contributed by atoms with Crippen LogP contribution in [-0.4, -0.2) is 48.2 Å². The van der Waals surface area contributed by atoms with Crippen molar-refractivity contribution in [3.8, 4) is 6.07 Å². The third-order valence-corrected chi connectivity index (χ3v) is 2.99. The van der Waals surface area contributed by atoms with Gasteiger partial charge >= 0.3 is 5.97 Å². The molecule has 16 heavy (non-hydrogen) atoms. The van der Waals surface area contributed by atoms with E-state index in [1.54, 1.807) is 0 Å². The molecule has 0 aromatic heterocycles. The minimum atomic E-state index is -0.821. The molecule has 1 rings (SSSR count). The number of nitrogens with one attached hydrogen (secondary N) is 1. The number of rotatable bonds is 5. The molecule has 1 heterocycles. The highest BCUT2D eigenvalue weighted by Gasteiger charge is 2.22. The van der Waals surface area contributed by atoms with E-state index in [-0.39, 0.29) is 12.6 Å². The fraction of sp³-hybridized carbons (Fsp3) is 0.818. The Kier molecular flexibility index (Phi) is 5.23. The summed E-state index contributed by atoms with van der Waals surface area (Å²) in [7, 11) is 0. The number of carboxylic acids is 1. The maximum Gasteiger partial charge on any atom is 0.317 e. The van der Waals surface area contributed by atoms with Gasteiger partial charge in [-0.15, -0.1) is 0 Å². The Morgan fingerprint density at radius 2 is 2.50 bits per heavy atom. The summed E-state index contributed by atoms with van der Waals surface area (Å²) in [6, 6.07) is 2.20. The Morgan fingerprint density at radius 1 is 1.75 bits per heavy atom. The van der Waals surface area contributed by atoms with Crippen LogP contribution >= 0.6 is 0 Å². The number of piperidine rings is 1. The number of hydrogen-bond acceptors (Lipinski definition) is 4. The van der Waals surface area contributed by atoms with E-state index in [4.69, 9.17) is 10.4 Å². The van der Waals surface area contributed by atoms with Gasteiger partial charge in [0.05, 0.1) is 18.7 Å². The van der Waals surface area contributed by atoms with Gasteiger partial charge in [0.15, 0.2) is 0 Å². The number of carboxylic acid groups (broad SMARTS) is 1. The van der Waals surface area contributed by atoms with Gasteiger partial charge in [-0.25, -0.2) is 0 Å². The van der Waals surface area contributed by atoms with Gasteiger partial charge in [0.25, 0.3) is 0 Å². The predicted molar refractivity (Wildman–Crippen MR) is 59.9 cm³/mol. The zero-order chi connectivity index (χ0) is 12.0. The molecule has 5 heteroatoms. The molecule has 1 aliphatic heterocycles. The van der Waals surface area contributed by atoms with Gasteiger partial charge in [-0.2, -0.15) is 5.26 Å². The molecule has 0 amide bonds. The van der Waals surface area contributed by atoms with Gasteiger partial charge in [-0.1, -0.05) is 0 Å². The van der Waals surface area contributed by atoms with Gasteiger partial charge < -0.3 is 10.4 Å². The molecule has 1 aliphatic rings. The number of nitriles is 1. The van der Waals surface area contributed by atoms with Crippen molar-refractivity contribution in [3.05, 3.63) is 0 Å². The normalized spacial score (nSPS) is 23.6. The highest BCUT2D eigenvalue weighted by atomic mass is 16.4.